The van der Waals surface area contributed by atoms with Gasteiger partial charge in [-0.2, -0.15) is 5.26 Å². The topological polar surface area (TPSA) is 33.0 Å². The highest BCUT2D eigenvalue weighted by atomic mass is 16.5. The molecular formula is C13H17NO. The van der Waals surface area contributed by atoms with Crippen LogP contribution in [0.25, 0.3) is 0 Å². The number of ether oxygens (including phenoxy) is 1. The van der Waals surface area contributed by atoms with Crippen molar-refractivity contribution in [2.24, 2.45) is 5.92 Å². The Morgan fingerprint density at radius 3 is 3.07 bits per heavy atom. The van der Waals surface area contributed by atoms with Crippen LogP contribution >= 0.6 is 0 Å². The second kappa shape index (κ2) is 6.21. The maximum absolute atomic E-state index is 8.65. The summed E-state index contributed by atoms with van der Waals surface area (Å²) >= 11 is 0. The van der Waals surface area contributed by atoms with Crippen LogP contribution in [0.2, 0.25) is 0 Å². The Bertz CT molecular complexity index is 320. The smallest absolute Gasteiger partial charge is 0.0936 e. The van der Waals surface area contributed by atoms with Gasteiger partial charge in [0.1, 0.15) is 0 Å². The van der Waals surface area contributed by atoms with Gasteiger partial charge in [0.15, 0.2) is 0 Å². The van der Waals surface area contributed by atoms with Crippen LogP contribution in [0.5, 0.6) is 0 Å². The van der Waals surface area contributed by atoms with E-state index in [2.05, 4.69) is 31.2 Å². The predicted octanol–water partition coefficient (Wildman–Crippen LogP) is 2.99. The van der Waals surface area contributed by atoms with E-state index in [0.29, 0.717) is 12.3 Å². The summed E-state index contributed by atoms with van der Waals surface area (Å²) in [6, 6.07) is 2.20. The van der Waals surface area contributed by atoms with Gasteiger partial charge in [-0.3, -0.25) is 0 Å². The van der Waals surface area contributed by atoms with Crippen LogP contribution in [-0.2, 0) is 4.74 Å². The Balaban J connectivity index is 2.74. The van der Waals surface area contributed by atoms with Crippen molar-refractivity contribution in [2.75, 3.05) is 7.11 Å². The van der Waals surface area contributed by atoms with Crippen LogP contribution in [-0.4, -0.2) is 13.2 Å². The molecule has 0 saturated carbocycles. The lowest BCUT2D eigenvalue weighted by Gasteiger charge is -2.12. The van der Waals surface area contributed by atoms with Crippen LogP contribution < -0.4 is 0 Å². The minimum Gasteiger partial charge on any atom is -0.373 e. The standard InChI is InChI=1S/C13H17NO/c1-11(9-10-14)12-5-3-4-6-13(15-2)8-7-12/h4-8,11,13H,3,9H2,1-2H3/b6-4?,8-7-,12-5+. The molecule has 2 unspecified atom stereocenters. The normalized spacial score (nSPS) is 28.1. The van der Waals surface area contributed by atoms with Crippen molar-refractivity contribution in [3.63, 3.8) is 0 Å². The number of hydrogen-bond donors (Lipinski definition) is 0. The zero-order valence-corrected chi connectivity index (χ0v) is 9.31. The van der Waals surface area contributed by atoms with E-state index < -0.39 is 0 Å². The highest BCUT2D eigenvalue weighted by Crippen LogP contribution is 2.18. The molecule has 0 aromatic carbocycles. The summed E-state index contributed by atoms with van der Waals surface area (Å²) < 4.78 is 5.25. The van der Waals surface area contributed by atoms with E-state index >= 15 is 0 Å². The summed E-state index contributed by atoms with van der Waals surface area (Å²) in [4.78, 5) is 0. The number of hydrogen-bond acceptors (Lipinski definition) is 2. The molecule has 0 amide bonds. The summed E-state index contributed by atoms with van der Waals surface area (Å²) in [5.74, 6) is 0.301. The first-order valence-corrected chi connectivity index (χ1v) is 5.22. The summed E-state index contributed by atoms with van der Waals surface area (Å²) in [5.41, 5.74) is 1.22. The fourth-order valence-electron chi connectivity index (χ4n) is 1.53. The molecule has 1 aliphatic carbocycles. The third-order valence-electron chi connectivity index (χ3n) is 2.53. The molecule has 2 atom stereocenters. The Morgan fingerprint density at radius 2 is 2.40 bits per heavy atom. The van der Waals surface area contributed by atoms with E-state index in [4.69, 9.17) is 10.00 Å². The molecule has 1 aliphatic rings. The van der Waals surface area contributed by atoms with E-state index in [1.807, 2.05) is 12.2 Å². The molecule has 2 nitrogen and oxygen atoms in total. The minimum absolute atomic E-state index is 0.0583. The van der Waals surface area contributed by atoms with Gasteiger partial charge in [-0.15, -0.1) is 0 Å². The molecule has 0 bridgehead atoms. The molecule has 0 aromatic heterocycles. The van der Waals surface area contributed by atoms with Crippen LogP contribution in [0.3, 0.4) is 0 Å². The molecule has 0 heterocycles. The molecule has 0 aliphatic heterocycles. The quantitative estimate of drug-likeness (QED) is 0.660. The van der Waals surface area contributed by atoms with E-state index in [9.17, 15) is 0 Å². The van der Waals surface area contributed by atoms with Gasteiger partial charge in [-0.1, -0.05) is 37.3 Å². The molecule has 2 heteroatoms. The molecule has 0 aromatic rings. The number of methoxy groups -OCH3 is 1. The summed E-state index contributed by atoms with van der Waals surface area (Å²) in [5, 5.41) is 8.65. The van der Waals surface area contributed by atoms with Gasteiger partial charge in [0.2, 0.25) is 0 Å². The average Bonchev–Trinajstić information content (AvgIpc) is 2.18. The second-order valence-corrected chi connectivity index (χ2v) is 3.69. The molecular weight excluding hydrogens is 186 g/mol. The molecule has 0 radical (unpaired) electrons. The maximum atomic E-state index is 8.65. The predicted molar refractivity (Wildman–Crippen MR) is 61.2 cm³/mol. The summed E-state index contributed by atoms with van der Waals surface area (Å²) in [6.45, 7) is 2.08. The van der Waals surface area contributed by atoms with Gasteiger partial charge in [0.05, 0.1) is 12.2 Å². The Morgan fingerprint density at radius 1 is 1.60 bits per heavy atom. The van der Waals surface area contributed by atoms with Gasteiger partial charge in [0.25, 0.3) is 0 Å². The number of nitrogens with zero attached hydrogens (tertiary/aromatic N) is 1. The van der Waals surface area contributed by atoms with Gasteiger partial charge in [-0.05, 0) is 17.9 Å². The molecule has 0 fully saturated rings. The van der Waals surface area contributed by atoms with Gasteiger partial charge in [0, 0.05) is 13.5 Å². The lowest BCUT2D eigenvalue weighted by atomic mass is 9.95. The molecule has 1 rings (SSSR count). The first kappa shape index (κ1) is 11.7. The first-order valence-electron chi connectivity index (χ1n) is 5.22. The number of nitriles is 1. The number of rotatable bonds is 3. The van der Waals surface area contributed by atoms with Crippen molar-refractivity contribution in [1.82, 2.24) is 0 Å². The van der Waals surface area contributed by atoms with Crippen LogP contribution in [0.4, 0.5) is 0 Å². The highest BCUT2D eigenvalue weighted by Gasteiger charge is 2.07. The number of allylic oxidation sites excluding steroid dienone is 4. The second-order valence-electron chi connectivity index (χ2n) is 3.69. The van der Waals surface area contributed by atoms with Gasteiger partial charge < -0.3 is 4.74 Å². The van der Waals surface area contributed by atoms with Crippen LogP contribution in [0.15, 0.2) is 36.0 Å². The summed E-state index contributed by atoms with van der Waals surface area (Å²) in [7, 11) is 1.70. The van der Waals surface area contributed by atoms with Crippen molar-refractivity contribution >= 4 is 0 Å². The van der Waals surface area contributed by atoms with Crippen molar-refractivity contribution in [1.29, 1.82) is 5.26 Å². The minimum atomic E-state index is 0.0583. The summed E-state index contributed by atoms with van der Waals surface area (Å²) in [6.07, 6.45) is 11.9. The SMILES string of the molecule is COC1C=CC/C=C(C(C)CC#N)\C=C/1. The zero-order chi connectivity index (χ0) is 11.1. The fraction of sp³-hybridized carbons (Fsp3) is 0.462. The third kappa shape index (κ3) is 3.73. The third-order valence-corrected chi connectivity index (χ3v) is 2.53. The van der Waals surface area contributed by atoms with E-state index in [0.717, 1.165) is 6.42 Å². The monoisotopic (exact) mass is 203 g/mol. The Kier molecular flexibility index (Phi) is 4.86. The lowest BCUT2D eigenvalue weighted by Crippen LogP contribution is -2.05. The Hall–Kier alpha value is -1.33. The van der Waals surface area contributed by atoms with Crippen LogP contribution in [0.1, 0.15) is 19.8 Å². The van der Waals surface area contributed by atoms with Crippen molar-refractivity contribution in [2.45, 2.75) is 25.9 Å². The van der Waals surface area contributed by atoms with Crippen LogP contribution in [0, 0.1) is 17.2 Å². The zero-order valence-electron chi connectivity index (χ0n) is 9.31. The highest BCUT2D eigenvalue weighted by molar-refractivity contribution is 5.26. The Labute approximate surface area is 91.6 Å². The van der Waals surface area contributed by atoms with Crippen molar-refractivity contribution in [3.8, 4) is 6.07 Å². The van der Waals surface area contributed by atoms with E-state index in [1.165, 1.54) is 5.57 Å². The largest absolute Gasteiger partial charge is 0.373 e. The van der Waals surface area contributed by atoms with Crippen molar-refractivity contribution in [3.05, 3.63) is 36.0 Å². The van der Waals surface area contributed by atoms with E-state index in [1.54, 1.807) is 7.11 Å². The molecule has 80 valence electrons. The molecule has 0 N–H and O–H groups in total. The molecule has 0 saturated heterocycles. The molecule has 15 heavy (non-hydrogen) atoms. The van der Waals surface area contributed by atoms with Gasteiger partial charge >= 0.3 is 0 Å². The fourth-order valence-corrected chi connectivity index (χ4v) is 1.53. The van der Waals surface area contributed by atoms with E-state index in [-0.39, 0.29) is 6.10 Å². The van der Waals surface area contributed by atoms with Gasteiger partial charge in [-0.25, -0.2) is 0 Å². The average molecular weight is 203 g/mol. The van der Waals surface area contributed by atoms with Crippen molar-refractivity contribution < 1.29 is 4.74 Å². The lowest BCUT2D eigenvalue weighted by molar-refractivity contribution is 0.177. The molecule has 0 spiro atoms. The first-order chi connectivity index (χ1) is 7.27. The maximum Gasteiger partial charge on any atom is 0.0936 e.